The number of carbonyl (C=O) groups excluding carboxylic acids is 1. The van der Waals surface area contributed by atoms with E-state index in [1.807, 2.05) is 0 Å². The Morgan fingerprint density at radius 2 is 2.00 bits per heavy atom. The van der Waals surface area contributed by atoms with E-state index < -0.39 is 33.2 Å². The van der Waals surface area contributed by atoms with E-state index in [9.17, 15) is 25.0 Å². The normalized spacial score (nSPS) is 9.83. The lowest BCUT2D eigenvalue weighted by Gasteiger charge is -2.03. The van der Waals surface area contributed by atoms with Gasteiger partial charge in [-0.25, -0.2) is 0 Å². The Balaban J connectivity index is 3.08. The number of hydrogen-bond donors (Lipinski definition) is 0. The fourth-order valence-electron chi connectivity index (χ4n) is 1.12. The van der Waals surface area contributed by atoms with Crippen molar-refractivity contribution in [3.05, 3.63) is 32.4 Å². The predicted molar refractivity (Wildman–Crippen MR) is 58.1 cm³/mol. The Kier molecular flexibility index (Phi) is 4.24. The summed E-state index contributed by atoms with van der Waals surface area (Å²) in [6, 6.07) is 1.92. The van der Waals surface area contributed by atoms with Crippen molar-refractivity contribution < 1.29 is 19.4 Å². The molecule has 0 aliphatic carbocycles. The smallest absolute Gasteiger partial charge is 0.411 e. The molecular formula is C9H9N3O6. The SMILES string of the molecule is CCCC(=O)Oc1ccc([N+](=O)[O-])nc1[N+](=O)[O-]. The Hall–Kier alpha value is -2.58. The molecule has 9 heteroatoms. The highest BCUT2D eigenvalue weighted by molar-refractivity contribution is 5.73. The molecule has 0 N–H and O–H groups in total. The predicted octanol–water partition coefficient (Wildman–Crippen LogP) is 1.60. The zero-order valence-corrected chi connectivity index (χ0v) is 9.36. The highest BCUT2D eigenvalue weighted by Gasteiger charge is 2.23. The van der Waals surface area contributed by atoms with Crippen LogP contribution in [0.2, 0.25) is 0 Å². The van der Waals surface area contributed by atoms with Gasteiger partial charge >= 0.3 is 17.6 Å². The number of aromatic nitrogens is 1. The highest BCUT2D eigenvalue weighted by Crippen LogP contribution is 2.27. The standard InChI is InChI=1S/C9H9N3O6/c1-2-3-8(13)18-6-4-5-7(11(14)15)10-9(6)12(16)17/h4-5H,2-3H2,1H3. The van der Waals surface area contributed by atoms with E-state index in [2.05, 4.69) is 4.98 Å². The number of rotatable bonds is 5. The van der Waals surface area contributed by atoms with Gasteiger partial charge in [0.25, 0.3) is 0 Å². The molecule has 1 aromatic rings. The molecule has 9 nitrogen and oxygen atoms in total. The van der Waals surface area contributed by atoms with Crippen molar-refractivity contribution in [3.63, 3.8) is 0 Å². The van der Waals surface area contributed by atoms with Crippen LogP contribution in [-0.2, 0) is 4.79 Å². The molecule has 0 radical (unpaired) electrons. The van der Waals surface area contributed by atoms with E-state index in [-0.39, 0.29) is 6.42 Å². The fraction of sp³-hybridized carbons (Fsp3) is 0.333. The summed E-state index contributed by atoms with van der Waals surface area (Å²) in [5, 5.41) is 21.1. The van der Waals surface area contributed by atoms with Gasteiger partial charge in [-0.1, -0.05) is 6.92 Å². The average Bonchev–Trinajstić information content (AvgIpc) is 2.29. The van der Waals surface area contributed by atoms with Gasteiger partial charge in [0.15, 0.2) is 0 Å². The number of hydrogen-bond acceptors (Lipinski definition) is 7. The van der Waals surface area contributed by atoms with Crippen LogP contribution in [0.5, 0.6) is 5.75 Å². The zero-order valence-electron chi connectivity index (χ0n) is 9.36. The van der Waals surface area contributed by atoms with Crippen molar-refractivity contribution in [2.24, 2.45) is 0 Å². The van der Waals surface area contributed by atoms with Gasteiger partial charge in [0.1, 0.15) is 0 Å². The molecule has 18 heavy (non-hydrogen) atoms. The summed E-state index contributed by atoms with van der Waals surface area (Å²) >= 11 is 0. The molecule has 1 rings (SSSR count). The summed E-state index contributed by atoms with van der Waals surface area (Å²) < 4.78 is 4.72. The minimum Gasteiger partial charge on any atom is -0.417 e. The third-order valence-corrected chi connectivity index (χ3v) is 1.86. The van der Waals surface area contributed by atoms with E-state index >= 15 is 0 Å². The fourth-order valence-corrected chi connectivity index (χ4v) is 1.12. The minimum absolute atomic E-state index is 0.0914. The van der Waals surface area contributed by atoms with Gasteiger partial charge in [-0.3, -0.25) is 4.79 Å². The first-order valence-corrected chi connectivity index (χ1v) is 4.96. The first kappa shape index (κ1) is 13.5. The van der Waals surface area contributed by atoms with E-state index in [0.29, 0.717) is 6.42 Å². The Bertz CT molecular complexity index is 501. The highest BCUT2D eigenvalue weighted by atomic mass is 16.6. The maximum Gasteiger partial charge on any atom is 0.411 e. The Morgan fingerprint density at radius 1 is 1.33 bits per heavy atom. The molecule has 0 saturated carbocycles. The number of nitrogens with zero attached hydrogens (tertiary/aromatic N) is 3. The largest absolute Gasteiger partial charge is 0.417 e. The zero-order chi connectivity index (χ0) is 13.7. The van der Waals surface area contributed by atoms with Gasteiger partial charge in [-0.15, -0.1) is 0 Å². The molecule has 0 unspecified atom stereocenters. The van der Waals surface area contributed by atoms with Crippen molar-refractivity contribution in [2.75, 3.05) is 0 Å². The van der Waals surface area contributed by atoms with Crippen molar-refractivity contribution in [1.82, 2.24) is 4.98 Å². The lowest BCUT2D eigenvalue weighted by Crippen LogP contribution is -2.09. The van der Waals surface area contributed by atoms with Crippen LogP contribution in [0.15, 0.2) is 12.1 Å². The van der Waals surface area contributed by atoms with Crippen molar-refractivity contribution >= 4 is 17.6 Å². The maximum absolute atomic E-state index is 11.2. The quantitative estimate of drug-likeness (QED) is 0.444. The molecule has 1 aromatic heterocycles. The second kappa shape index (κ2) is 5.66. The number of ether oxygens (including phenoxy) is 1. The van der Waals surface area contributed by atoms with Crippen LogP contribution in [0.4, 0.5) is 11.6 Å². The van der Waals surface area contributed by atoms with Crippen molar-refractivity contribution in [3.8, 4) is 5.75 Å². The summed E-state index contributed by atoms with van der Waals surface area (Å²) in [7, 11) is 0. The molecule has 0 bridgehead atoms. The number of pyridine rings is 1. The summed E-state index contributed by atoms with van der Waals surface area (Å²) in [6.07, 6.45) is 0.612. The minimum atomic E-state index is -0.943. The van der Waals surface area contributed by atoms with E-state index in [4.69, 9.17) is 4.74 Å². The van der Waals surface area contributed by atoms with Crippen LogP contribution in [0.1, 0.15) is 19.8 Å². The third-order valence-electron chi connectivity index (χ3n) is 1.86. The van der Waals surface area contributed by atoms with E-state index in [1.165, 1.54) is 0 Å². The van der Waals surface area contributed by atoms with Crippen LogP contribution in [0, 0.1) is 20.2 Å². The summed E-state index contributed by atoms with van der Waals surface area (Å²) in [5.41, 5.74) is 0. The van der Waals surface area contributed by atoms with Gasteiger partial charge in [-0.2, -0.15) is 0 Å². The molecule has 0 amide bonds. The van der Waals surface area contributed by atoms with Crippen LogP contribution in [0.3, 0.4) is 0 Å². The Labute approximate surface area is 101 Å². The van der Waals surface area contributed by atoms with E-state index in [0.717, 1.165) is 12.1 Å². The molecule has 0 aliphatic heterocycles. The molecule has 0 atom stereocenters. The van der Waals surface area contributed by atoms with Gasteiger partial charge in [0.2, 0.25) is 5.75 Å². The molecule has 0 saturated heterocycles. The van der Waals surface area contributed by atoms with Crippen LogP contribution >= 0.6 is 0 Å². The second-order valence-corrected chi connectivity index (χ2v) is 3.23. The third kappa shape index (κ3) is 3.20. The summed E-state index contributed by atoms with van der Waals surface area (Å²) in [4.78, 5) is 33.7. The monoisotopic (exact) mass is 255 g/mol. The lowest BCUT2D eigenvalue weighted by atomic mass is 10.3. The number of nitro groups is 2. The topological polar surface area (TPSA) is 125 Å². The first-order valence-electron chi connectivity index (χ1n) is 4.96. The maximum atomic E-state index is 11.2. The average molecular weight is 255 g/mol. The van der Waals surface area contributed by atoms with Crippen LogP contribution < -0.4 is 4.74 Å². The molecular weight excluding hydrogens is 246 g/mol. The summed E-state index contributed by atoms with van der Waals surface area (Å²) in [6.45, 7) is 1.74. The first-order chi connectivity index (χ1) is 8.45. The van der Waals surface area contributed by atoms with Crippen LogP contribution in [0.25, 0.3) is 0 Å². The second-order valence-electron chi connectivity index (χ2n) is 3.23. The van der Waals surface area contributed by atoms with Gasteiger partial charge in [0.05, 0.1) is 0 Å². The molecule has 0 spiro atoms. The number of carbonyl (C=O) groups is 1. The van der Waals surface area contributed by atoms with E-state index in [1.54, 1.807) is 6.92 Å². The molecule has 1 heterocycles. The number of esters is 1. The van der Waals surface area contributed by atoms with Crippen molar-refractivity contribution in [1.29, 1.82) is 0 Å². The molecule has 0 aromatic carbocycles. The molecule has 96 valence electrons. The van der Waals surface area contributed by atoms with Gasteiger partial charge < -0.3 is 25.0 Å². The van der Waals surface area contributed by atoms with Crippen molar-refractivity contribution in [2.45, 2.75) is 19.8 Å². The molecule has 0 fully saturated rings. The molecule has 0 aliphatic rings. The lowest BCUT2D eigenvalue weighted by molar-refractivity contribution is -0.403. The van der Waals surface area contributed by atoms with Gasteiger partial charge in [0, 0.05) is 17.5 Å². The summed E-state index contributed by atoms with van der Waals surface area (Å²) in [5.74, 6) is -2.59. The Morgan fingerprint density at radius 3 is 2.50 bits per heavy atom. The van der Waals surface area contributed by atoms with Crippen LogP contribution in [-0.4, -0.2) is 20.8 Å². The van der Waals surface area contributed by atoms with Gasteiger partial charge in [-0.05, 0) is 22.3 Å².